The van der Waals surface area contributed by atoms with Gasteiger partial charge in [-0.2, -0.15) is 0 Å². The van der Waals surface area contributed by atoms with Gasteiger partial charge >= 0.3 is 6.09 Å². The summed E-state index contributed by atoms with van der Waals surface area (Å²) < 4.78 is 31.5. The summed E-state index contributed by atoms with van der Waals surface area (Å²) in [6, 6.07) is -1.15. The van der Waals surface area contributed by atoms with Crippen LogP contribution in [0.2, 0.25) is 0 Å². The van der Waals surface area contributed by atoms with Gasteiger partial charge in [0.15, 0.2) is 0 Å². The van der Waals surface area contributed by atoms with Crippen LogP contribution in [0.25, 0.3) is 0 Å². The quantitative estimate of drug-likeness (QED) is 0.859. The van der Waals surface area contributed by atoms with Gasteiger partial charge in [0, 0.05) is 26.2 Å². The first-order chi connectivity index (χ1) is 9.24. The number of nitrogens with two attached hydrogens (primary N) is 1. The highest BCUT2D eigenvalue weighted by molar-refractivity contribution is 5.68. The molecule has 20 heavy (non-hydrogen) atoms. The summed E-state index contributed by atoms with van der Waals surface area (Å²) in [5, 5.41) is 0. The van der Waals surface area contributed by atoms with Crippen LogP contribution in [0.15, 0.2) is 12.3 Å². The molecule has 0 aliphatic carbocycles. The number of amides is 1. The third kappa shape index (κ3) is 4.96. The number of carbonyl (C=O) groups is 1. The van der Waals surface area contributed by atoms with E-state index in [0.717, 1.165) is 4.90 Å². The molecule has 7 heteroatoms. The number of hydrogen-bond acceptors (Lipinski definition) is 4. The van der Waals surface area contributed by atoms with Crippen LogP contribution >= 0.6 is 0 Å². The number of hydrogen-bond donors (Lipinski definition) is 1. The van der Waals surface area contributed by atoms with Gasteiger partial charge in [0.2, 0.25) is 0 Å². The second kappa shape index (κ2) is 6.88. The van der Waals surface area contributed by atoms with Crippen LogP contribution in [0, 0.1) is 0 Å². The van der Waals surface area contributed by atoms with Gasteiger partial charge in [0.25, 0.3) is 6.43 Å². The molecule has 1 saturated heterocycles. The van der Waals surface area contributed by atoms with Crippen molar-refractivity contribution in [3.63, 3.8) is 0 Å². The van der Waals surface area contributed by atoms with Crippen molar-refractivity contribution in [2.45, 2.75) is 38.8 Å². The average Bonchev–Trinajstić information content (AvgIpc) is 2.33. The van der Waals surface area contributed by atoms with Crippen molar-refractivity contribution in [2.75, 3.05) is 26.2 Å². The molecule has 0 aromatic rings. The number of ether oxygens (including phenoxy) is 1. The zero-order chi connectivity index (χ0) is 15.3. The summed E-state index contributed by atoms with van der Waals surface area (Å²) in [5.74, 6) is 0. The molecule has 0 saturated carbocycles. The number of alkyl halides is 2. The second-order valence-electron chi connectivity index (χ2n) is 5.76. The maximum absolute atomic E-state index is 13.1. The van der Waals surface area contributed by atoms with E-state index in [1.807, 2.05) is 4.90 Å². The highest BCUT2D eigenvalue weighted by atomic mass is 19.3. The molecule has 0 bridgehead atoms. The number of piperazine rings is 1. The van der Waals surface area contributed by atoms with E-state index in [1.165, 1.54) is 6.20 Å². The van der Waals surface area contributed by atoms with Crippen molar-refractivity contribution in [2.24, 2.45) is 5.73 Å². The van der Waals surface area contributed by atoms with Gasteiger partial charge in [0.05, 0.1) is 0 Å². The molecule has 1 aliphatic rings. The molecule has 1 rings (SSSR count). The minimum atomic E-state index is -2.60. The molecule has 2 N–H and O–H groups in total. The Bertz CT molecular complexity index is 356. The zero-order valence-corrected chi connectivity index (χ0v) is 12.2. The van der Waals surface area contributed by atoms with Gasteiger partial charge in [-0.05, 0) is 27.0 Å². The van der Waals surface area contributed by atoms with Crippen LogP contribution in [0.1, 0.15) is 20.8 Å². The smallest absolute Gasteiger partial charge is 0.410 e. The van der Waals surface area contributed by atoms with E-state index in [9.17, 15) is 13.6 Å². The Morgan fingerprint density at radius 1 is 1.45 bits per heavy atom. The number of carbonyl (C=O) groups excluding carboxylic acids is 1. The first kappa shape index (κ1) is 16.7. The molecule has 5 nitrogen and oxygen atoms in total. The van der Waals surface area contributed by atoms with Gasteiger partial charge in [-0.15, -0.1) is 0 Å². The van der Waals surface area contributed by atoms with E-state index in [2.05, 4.69) is 0 Å². The van der Waals surface area contributed by atoms with Gasteiger partial charge < -0.3 is 10.5 Å². The molecule has 1 amide bonds. The largest absolute Gasteiger partial charge is 0.444 e. The van der Waals surface area contributed by atoms with E-state index in [-0.39, 0.29) is 13.1 Å². The maximum atomic E-state index is 13.1. The summed E-state index contributed by atoms with van der Waals surface area (Å²) in [7, 11) is 0. The van der Waals surface area contributed by atoms with Gasteiger partial charge in [-0.3, -0.25) is 9.80 Å². The van der Waals surface area contributed by atoms with Crippen LogP contribution in [0.4, 0.5) is 13.6 Å². The van der Waals surface area contributed by atoms with Crippen LogP contribution in [0.5, 0.6) is 0 Å². The third-order valence-corrected chi connectivity index (χ3v) is 2.92. The molecule has 1 atom stereocenters. The van der Waals surface area contributed by atoms with E-state index in [1.54, 1.807) is 26.8 Å². The molecule has 1 heterocycles. The van der Waals surface area contributed by atoms with Crippen molar-refractivity contribution in [1.29, 1.82) is 0 Å². The standard InChI is InChI=1S/C13H23F2N3O2/c1-13(2,3)20-12(19)18-8-7-17(6-4-5-16)9-10(18)11(14)15/h4-5,10-11H,6-9,16H2,1-3H3. The summed E-state index contributed by atoms with van der Waals surface area (Å²) in [5.41, 5.74) is 4.55. The summed E-state index contributed by atoms with van der Waals surface area (Å²) in [4.78, 5) is 14.9. The summed E-state index contributed by atoms with van der Waals surface area (Å²) >= 11 is 0. The third-order valence-electron chi connectivity index (χ3n) is 2.92. The summed E-state index contributed by atoms with van der Waals surface area (Å²) in [6.45, 7) is 6.50. The van der Waals surface area contributed by atoms with Crippen molar-refractivity contribution < 1.29 is 18.3 Å². The SMILES string of the molecule is CC(C)(C)OC(=O)N1CCN(CC=CN)CC1C(F)F. The molecule has 1 fully saturated rings. The lowest BCUT2D eigenvalue weighted by Crippen LogP contribution is -2.58. The molecule has 1 unspecified atom stereocenters. The van der Waals surface area contributed by atoms with Crippen molar-refractivity contribution in [3.8, 4) is 0 Å². The van der Waals surface area contributed by atoms with Gasteiger partial charge in [-0.25, -0.2) is 13.6 Å². The Balaban J connectivity index is 2.70. The van der Waals surface area contributed by atoms with E-state index >= 15 is 0 Å². The average molecular weight is 291 g/mol. The fourth-order valence-corrected chi connectivity index (χ4v) is 2.01. The molecule has 116 valence electrons. The Labute approximate surface area is 118 Å². The van der Waals surface area contributed by atoms with Crippen LogP contribution in [-0.2, 0) is 4.74 Å². The lowest BCUT2D eigenvalue weighted by molar-refractivity contribution is -0.0406. The molecule has 1 aliphatic heterocycles. The Hall–Kier alpha value is -1.37. The molecule has 0 aromatic carbocycles. The zero-order valence-electron chi connectivity index (χ0n) is 12.2. The molecular formula is C13H23F2N3O2. The van der Waals surface area contributed by atoms with Crippen molar-refractivity contribution in [1.82, 2.24) is 9.80 Å². The number of halogens is 2. The van der Waals surface area contributed by atoms with Gasteiger partial charge in [-0.1, -0.05) is 6.08 Å². The first-order valence-electron chi connectivity index (χ1n) is 6.61. The van der Waals surface area contributed by atoms with Gasteiger partial charge in [0.1, 0.15) is 11.6 Å². The van der Waals surface area contributed by atoms with Crippen molar-refractivity contribution >= 4 is 6.09 Å². The predicted octanol–water partition coefficient (Wildman–Crippen LogP) is 1.65. The summed E-state index contributed by atoms with van der Waals surface area (Å²) in [6.07, 6.45) is -0.201. The Morgan fingerprint density at radius 3 is 2.60 bits per heavy atom. The van der Waals surface area contributed by atoms with Crippen molar-refractivity contribution in [3.05, 3.63) is 12.3 Å². The van der Waals surface area contributed by atoms with E-state index in [0.29, 0.717) is 13.1 Å². The minimum absolute atomic E-state index is 0.112. The number of rotatable bonds is 3. The Morgan fingerprint density at radius 2 is 2.10 bits per heavy atom. The lowest BCUT2D eigenvalue weighted by Gasteiger charge is -2.40. The highest BCUT2D eigenvalue weighted by Gasteiger charge is 2.38. The predicted molar refractivity (Wildman–Crippen MR) is 72.5 cm³/mol. The Kier molecular flexibility index (Phi) is 5.74. The monoisotopic (exact) mass is 291 g/mol. The van der Waals surface area contributed by atoms with E-state index < -0.39 is 24.2 Å². The minimum Gasteiger partial charge on any atom is -0.444 e. The fourth-order valence-electron chi connectivity index (χ4n) is 2.01. The van der Waals surface area contributed by atoms with E-state index in [4.69, 9.17) is 10.5 Å². The second-order valence-corrected chi connectivity index (χ2v) is 5.76. The normalized spacial score (nSPS) is 21.7. The molecule has 0 aromatic heterocycles. The topological polar surface area (TPSA) is 58.8 Å². The van der Waals surface area contributed by atoms with Crippen LogP contribution < -0.4 is 5.73 Å². The fraction of sp³-hybridized carbons (Fsp3) is 0.769. The highest BCUT2D eigenvalue weighted by Crippen LogP contribution is 2.20. The van der Waals surface area contributed by atoms with Crippen LogP contribution in [0.3, 0.4) is 0 Å². The maximum Gasteiger partial charge on any atom is 0.410 e. The molecule has 0 spiro atoms. The van der Waals surface area contributed by atoms with Crippen LogP contribution in [-0.4, -0.2) is 60.1 Å². The molecular weight excluding hydrogens is 268 g/mol. The molecule has 0 radical (unpaired) electrons. The lowest BCUT2D eigenvalue weighted by atomic mass is 10.1. The first-order valence-corrected chi connectivity index (χ1v) is 6.61. The number of nitrogens with zero attached hydrogens (tertiary/aromatic N) is 2.